The number of nitrogens with zero attached hydrogens (tertiary/aromatic N) is 2. The maximum absolute atomic E-state index is 12.0. The Bertz CT molecular complexity index is 266. The van der Waals surface area contributed by atoms with E-state index in [1.807, 2.05) is 6.07 Å². The lowest BCUT2D eigenvalue weighted by molar-refractivity contribution is -0.133. The van der Waals surface area contributed by atoms with Crippen LogP contribution in [0.5, 0.6) is 0 Å². The van der Waals surface area contributed by atoms with Gasteiger partial charge in [0.25, 0.3) is 0 Å². The first-order valence-corrected chi connectivity index (χ1v) is 6.06. The number of ether oxygens (including phenoxy) is 2. The molecule has 6 nitrogen and oxygen atoms in total. The zero-order valence-electron chi connectivity index (χ0n) is 11.2. The highest BCUT2D eigenvalue weighted by atomic mass is 16.5. The van der Waals surface area contributed by atoms with Crippen molar-refractivity contribution in [2.45, 2.75) is 25.3 Å². The van der Waals surface area contributed by atoms with Crippen LogP contribution in [0.1, 0.15) is 19.3 Å². The molecule has 1 amide bonds. The highest BCUT2D eigenvalue weighted by Gasteiger charge is 2.20. The van der Waals surface area contributed by atoms with Gasteiger partial charge >= 0.3 is 0 Å². The normalized spacial score (nSPS) is 11.9. The van der Waals surface area contributed by atoms with Gasteiger partial charge in [-0.2, -0.15) is 5.26 Å². The van der Waals surface area contributed by atoms with Crippen molar-refractivity contribution in [2.75, 3.05) is 40.5 Å². The third-order valence-corrected chi connectivity index (χ3v) is 2.55. The molecule has 0 aromatic rings. The molecule has 0 aromatic heterocycles. The Balaban J connectivity index is 4.20. The summed E-state index contributed by atoms with van der Waals surface area (Å²) in [4.78, 5) is 13.6. The van der Waals surface area contributed by atoms with E-state index < -0.39 is 6.04 Å². The van der Waals surface area contributed by atoms with E-state index in [2.05, 4.69) is 0 Å². The van der Waals surface area contributed by atoms with E-state index in [9.17, 15) is 4.79 Å². The molecule has 0 saturated heterocycles. The van der Waals surface area contributed by atoms with E-state index in [0.717, 1.165) is 6.42 Å². The van der Waals surface area contributed by atoms with Gasteiger partial charge in [0.15, 0.2) is 0 Å². The minimum absolute atomic E-state index is 0.126. The standard InChI is InChI=1S/C12H23N3O3/c1-17-9-3-5-11(14)12(16)15(7-4-6-13)8-10-18-2/h11H,3-5,7-10,14H2,1-2H3. The Hall–Kier alpha value is -1.16. The van der Waals surface area contributed by atoms with Crippen LogP contribution in [0.15, 0.2) is 0 Å². The molecule has 0 fully saturated rings. The Labute approximate surface area is 109 Å². The first-order chi connectivity index (χ1) is 8.67. The van der Waals surface area contributed by atoms with Crippen LogP contribution >= 0.6 is 0 Å². The van der Waals surface area contributed by atoms with Crippen molar-refractivity contribution in [3.63, 3.8) is 0 Å². The van der Waals surface area contributed by atoms with E-state index in [1.54, 1.807) is 19.1 Å². The second-order valence-corrected chi connectivity index (χ2v) is 3.97. The van der Waals surface area contributed by atoms with E-state index in [-0.39, 0.29) is 5.91 Å². The molecule has 0 heterocycles. The molecule has 0 radical (unpaired) electrons. The largest absolute Gasteiger partial charge is 0.385 e. The lowest BCUT2D eigenvalue weighted by Crippen LogP contribution is -2.45. The summed E-state index contributed by atoms with van der Waals surface area (Å²) >= 11 is 0. The Morgan fingerprint density at radius 3 is 2.56 bits per heavy atom. The van der Waals surface area contributed by atoms with Gasteiger partial charge in [0.1, 0.15) is 0 Å². The topological polar surface area (TPSA) is 88.6 Å². The summed E-state index contributed by atoms with van der Waals surface area (Å²) in [6, 6.07) is 1.49. The molecule has 0 aliphatic rings. The minimum atomic E-state index is -0.532. The van der Waals surface area contributed by atoms with E-state index >= 15 is 0 Å². The van der Waals surface area contributed by atoms with Crippen molar-refractivity contribution in [1.29, 1.82) is 5.26 Å². The molecule has 1 atom stereocenters. The fraction of sp³-hybridized carbons (Fsp3) is 0.833. The average molecular weight is 257 g/mol. The first kappa shape index (κ1) is 16.8. The highest BCUT2D eigenvalue weighted by molar-refractivity contribution is 5.81. The zero-order valence-corrected chi connectivity index (χ0v) is 11.2. The van der Waals surface area contributed by atoms with Crippen LogP contribution in [0.3, 0.4) is 0 Å². The van der Waals surface area contributed by atoms with Crippen molar-refractivity contribution >= 4 is 5.91 Å². The molecule has 0 saturated carbocycles. The van der Waals surface area contributed by atoms with Gasteiger partial charge in [0.2, 0.25) is 5.91 Å². The van der Waals surface area contributed by atoms with Gasteiger partial charge in [0.05, 0.1) is 25.1 Å². The third-order valence-electron chi connectivity index (χ3n) is 2.55. The lowest BCUT2D eigenvalue weighted by Gasteiger charge is -2.24. The quantitative estimate of drug-likeness (QED) is 0.562. The Kier molecular flexibility index (Phi) is 10.3. The molecule has 0 aliphatic carbocycles. The molecule has 0 spiro atoms. The molecule has 0 aromatic carbocycles. The fourth-order valence-electron chi connectivity index (χ4n) is 1.52. The van der Waals surface area contributed by atoms with Gasteiger partial charge < -0.3 is 20.1 Å². The number of hydrogen-bond donors (Lipinski definition) is 1. The molecule has 1 unspecified atom stereocenters. The van der Waals surface area contributed by atoms with Crippen molar-refractivity contribution in [3.05, 3.63) is 0 Å². The summed E-state index contributed by atoms with van der Waals surface area (Å²) in [6.07, 6.45) is 1.64. The van der Waals surface area contributed by atoms with Gasteiger partial charge in [-0.3, -0.25) is 4.79 Å². The van der Waals surface area contributed by atoms with Crippen LogP contribution in [0.25, 0.3) is 0 Å². The molecule has 0 aliphatic heterocycles. The molecule has 18 heavy (non-hydrogen) atoms. The van der Waals surface area contributed by atoms with Gasteiger partial charge in [-0.05, 0) is 12.8 Å². The highest BCUT2D eigenvalue weighted by Crippen LogP contribution is 2.02. The van der Waals surface area contributed by atoms with Crippen LogP contribution in [0.4, 0.5) is 0 Å². The molecule has 6 heteroatoms. The van der Waals surface area contributed by atoms with Crippen LogP contribution in [-0.4, -0.2) is 57.4 Å². The summed E-state index contributed by atoms with van der Waals surface area (Å²) in [7, 11) is 3.19. The summed E-state index contributed by atoms with van der Waals surface area (Å²) in [5.74, 6) is -0.126. The second-order valence-electron chi connectivity index (χ2n) is 3.97. The molecular weight excluding hydrogens is 234 g/mol. The number of nitrogens with two attached hydrogens (primary N) is 1. The molecular formula is C12H23N3O3. The van der Waals surface area contributed by atoms with Gasteiger partial charge in [0, 0.05) is 33.9 Å². The summed E-state index contributed by atoms with van der Waals surface area (Å²) in [5.41, 5.74) is 5.83. The predicted molar refractivity (Wildman–Crippen MR) is 67.8 cm³/mol. The first-order valence-electron chi connectivity index (χ1n) is 6.06. The average Bonchev–Trinajstić information content (AvgIpc) is 2.38. The van der Waals surface area contributed by atoms with Crippen LogP contribution < -0.4 is 5.73 Å². The summed E-state index contributed by atoms with van der Waals surface area (Å²) in [5, 5.41) is 8.57. The van der Waals surface area contributed by atoms with Gasteiger partial charge in [-0.25, -0.2) is 0 Å². The number of carbonyl (C=O) groups excluding carboxylic acids is 1. The van der Waals surface area contributed by atoms with E-state index in [1.165, 1.54) is 0 Å². The maximum atomic E-state index is 12.0. The predicted octanol–water partition coefficient (Wildman–Crippen LogP) is 0.129. The monoisotopic (exact) mass is 257 g/mol. The minimum Gasteiger partial charge on any atom is -0.385 e. The van der Waals surface area contributed by atoms with Gasteiger partial charge in [-0.15, -0.1) is 0 Å². The Morgan fingerprint density at radius 1 is 1.33 bits per heavy atom. The summed E-state index contributed by atoms with van der Waals surface area (Å²) in [6.45, 7) is 1.91. The molecule has 0 rings (SSSR count). The number of hydrogen-bond acceptors (Lipinski definition) is 5. The van der Waals surface area contributed by atoms with Crippen LogP contribution in [0.2, 0.25) is 0 Å². The van der Waals surface area contributed by atoms with Crippen molar-refractivity contribution in [3.8, 4) is 6.07 Å². The second kappa shape index (κ2) is 11.0. The van der Waals surface area contributed by atoms with E-state index in [4.69, 9.17) is 20.5 Å². The fourth-order valence-corrected chi connectivity index (χ4v) is 1.52. The number of carbonyl (C=O) groups is 1. The Morgan fingerprint density at radius 2 is 2.00 bits per heavy atom. The van der Waals surface area contributed by atoms with Crippen LogP contribution in [-0.2, 0) is 14.3 Å². The smallest absolute Gasteiger partial charge is 0.239 e. The number of nitriles is 1. The third kappa shape index (κ3) is 7.22. The SMILES string of the molecule is COCCCC(N)C(=O)N(CCC#N)CCOC. The molecule has 0 bridgehead atoms. The van der Waals surface area contributed by atoms with E-state index in [0.29, 0.717) is 39.1 Å². The maximum Gasteiger partial charge on any atom is 0.239 e. The molecule has 2 N–H and O–H groups in total. The number of amides is 1. The number of methoxy groups -OCH3 is 2. The zero-order chi connectivity index (χ0) is 13.8. The molecule has 104 valence electrons. The van der Waals surface area contributed by atoms with Crippen molar-refractivity contribution in [1.82, 2.24) is 4.90 Å². The van der Waals surface area contributed by atoms with Crippen LogP contribution in [0, 0.1) is 11.3 Å². The number of rotatable bonds is 10. The van der Waals surface area contributed by atoms with Gasteiger partial charge in [-0.1, -0.05) is 0 Å². The summed E-state index contributed by atoms with van der Waals surface area (Å²) < 4.78 is 9.86. The van der Waals surface area contributed by atoms with Crippen molar-refractivity contribution in [2.24, 2.45) is 5.73 Å². The van der Waals surface area contributed by atoms with Crippen molar-refractivity contribution < 1.29 is 14.3 Å². The lowest BCUT2D eigenvalue weighted by atomic mass is 10.1.